The van der Waals surface area contributed by atoms with Gasteiger partial charge in [0.2, 0.25) is 7.37 Å². The molecule has 2 N–H and O–H groups in total. The summed E-state index contributed by atoms with van der Waals surface area (Å²) in [5.74, 6) is -0.801. The van der Waals surface area contributed by atoms with Crippen molar-refractivity contribution in [1.29, 1.82) is 0 Å². The molecule has 0 saturated carbocycles. The Kier molecular flexibility index (Phi) is 7.38. The monoisotopic (exact) mass is 409 g/mol. The van der Waals surface area contributed by atoms with Crippen LogP contribution in [-0.4, -0.2) is 57.4 Å². The number of quaternary nitrogens is 1. The number of aryl methyl sites for hydroxylation is 1. The zero-order valence-corrected chi connectivity index (χ0v) is 16.7. The standard InChI is InChI=1S/C18H25N4O5P/c1-14-11-16(20-21-19)12-22(14,18(24)25)17(23)13-28(26,27)10-6-5-9-15-7-3-2-4-8-15/h2-4,7-8,14,16H,5-6,9-13H2,1H3,(H-,24,25,26,27)/p+1/t14?,16?,22-/m0/s1. The third-order valence-electron chi connectivity index (χ3n) is 5.31. The van der Waals surface area contributed by atoms with Crippen LogP contribution < -0.4 is 0 Å². The number of unbranched alkanes of at least 4 members (excludes halogenated alkanes) is 1. The maximum Gasteiger partial charge on any atom is 0.521 e. The molecule has 0 aromatic heterocycles. The van der Waals surface area contributed by atoms with Gasteiger partial charge in [-0.15, -0.1) is 0 Å². The average Bonchev–Trinajstić information content (AvgIpc) is 2.97. The zero-order chi connectivity index (χ0) is 20.8. The van der Waals surface area contributed by atoms with E-state index in [-0.39, 0.29) is 19.1 Å². The van der Waals surface area contributed by atoms with Crippen molar-refractivity contribution < 1.29 is 28.6 Å². The van der Waals surface area contributed by atoms with Crippen molar-refractivity contribution in [3.8, 4) is 0 Å². The minimum atomic E-state index is -3.80. The predicted octanol–water partition coefficient (Wildman–Crippen LogP) is 3.77. The molecule has 0 aliphatic carbocycles. The number of azide groups is 1. The smallest absolute Gasteiger partial charge is 0.435 e. The van der Waals surface area contributed by atoms with Crippen LogP contribution in [0.25, 0.3) is 10.4 Å². The maximum absolute atomic E-state index is 12.8. The molecule has 152 valence electrons. The highest BCUT2D eigenvalue weighted by atomic mass is 31.2. The van der Waals surface area contributed by atoms with Crippen molar-refractivity contribution in [3.63, 3.8) is 0 Å². The Morgan fingerprint density at radius 3 is 2.61 bits per heavy atom. The van der Waals surface area contributed by atoms with E-state index in [1.807, 2.05) is 30.3 Å². The fourth-order valence-corrected chi connectivity index (χ4v) is 5.34. The Labute approximate surface area is 163 Å². The minimum Gasteiger partial charge on any atom is -0.435 e. The molecule has 1 aromatic rings. The van der Waals surface area contributed by atoms with Crippen molar-refractivity contribution in [2.75, 3.05) is 18.9 Å². The molecule has 4 atom stereocenters. The molecule has 1 aliphatic heterocycles. The molecule has 1 saturated heterocycles. The average molecular weight is 409 g/mol. The molecule has 1 fully saturated rings. The molecule has 1 aromatic carbocycles. The van der Waals surface area contributed by atoms with Gasteiger partial charge in [-0.25, -0.2) is 4.79 Å². The number of amides is 2. The zero-order valence-electron chi connectivity index (χ0n) is 15.8. The SMILES string of the molecule is CC1CC(N=[N+]=[N-])C[N@@+]1(C(=O)O)C(=O)CP(=O)(O)CCCCc1ccccc1. The number of benzene rings is 1. The van der Waals surface area contributed by atoms with E-state index in [1.54, 1.807) is 6.92 Å². The van der Waals surface area contributed by atoms with Gasteiger partial charge >= 0.3 is 12.0 Å². The van der Waals surface area contributed by atoms with Crippen LogP contribution in [-0.2, 0) is 15.8 Å². The first kappa shape index (κ1) is 22.1. The molecule has 28 heavy (non-hydrogen) atoms. The molecule has 0 spiro atoms. The summed E-state index contributed by atoms with van der Waals surface area (Å²) < 4.78 is 11.6. The molecule has 2 rings (SSSR count). The molecule has 1 aliphatic rings. The topological polar surface area (TPSA) is 140 Å². The van der Waals surface area contributed by atoms with Crippen molar-refractivity contribution in [2.45, 2.75) is 44.7 Å². The normalized spacial score (nSPS) is 26.2. The number of carboxylic acid groups (broad SMARTS) is 1. The Morgan fingerprint density at radius 1 is 1.32 bits per heavy atom. The largest absolute Gasteiger partial charge is 0.521 e. The molecular weight excluding hydrogens is 383 g/mol. The number of likely N-dealkylation sites (tertiary alicyclic amines) is 1. The van der Waals surface area contributed by atoms with Gasteiger partial charge in [0.1, 0.15) is 18.7 Å². The van der Waals surface area contributed by atoms with Crippen molar-refractivity contribution in [2.24, 2.45) is 5.11 Å². The van der Waals surface area contributed by atoms with Crippen molar-refractivity contribution >= 4 is 19.4 Å². The lowest BCUT2D eigenvalue weighted by atomic mass is 10.1. The Balaban J connectivity index is 1.97. The van der Waals surface area contributed by atoms with Gasteiger partial charge in [-0.2, -0.15) is 9.28 Å². The minimum absolute atomic E-state index is 0.0284. The highest BCUT2D eigenvalue weighted by molar-refractivity contribution is 7.58. The second kappa shape index (κ2) is 9.34. The van der Waals surface area contributed by atoms with Crippen LogP contribution in [0.1, 0.15) is 31.7 Å². The van der Waals surface area contributed by atoms with E-state index < -0.39 is 42.1 Å². The Bertz CT molecular complexity index is 811. The Hall–Kier alpha value is -2.18. The van der Waals surface area contributed by atoms with E-state index in [0.29, 0.717) is 12.8 Å². The van der Waals surface area contributed by atoms with Crippen LogP contribution in [0.3, 0.4) is 0 Å². The van der Waals surface area contributed by atoms with E-state index in [0.717, 1.165) is 12.0 Å². The first-order chi connectivity index (χ1) is 13.2. The second-order valence-corrected chi connectivity index (χ2v) is 9.80. The van der Waals surface area contributed by atoms with Crippen LogP contribution in [0.2, 0.25) is 0 Å². The predicted molar refractivity (Wildman–Crippen MR) is 104 cm³/mol. The van der Waals surface area contributed by atoms with E-state index in [9.17, 15) is 24.2 Å². The van der Waals surface area contributed by atoms with Crippen molar-refractivity contribution in [1.82, 2.24) is 0 Å². The van der Waals surface area contributed by atoms with Crippen LogP contribution in [0.5, 0.6) is 0 Å². The first-order valence-corrected chi connectivity index (χ1v) is 11.3. The molecular formula is C18H26N4O5P+. The third kappa shape index (κ3) is 5.20. The summed E-state index contributed by atoms with van der Waals surface area (Å²) in [6.07, 6.45) is 0.107. The lowest BCUT2D eigenvalue weighted by Gasteiger charge is -2.30. The first-order valence-electron chi connectivity index (χ1n) is 9.25. The molecule has 9 nitrogen and oxygen atoms in total. The van der Waals surface area contributed by atoms with Gasteiger partial charge in [-0.1, -0.05) is 35.4 Å². The summed E-state index contributed by atoms with van der Waals surface area (Å²) in [4.78, 5) is 37.6. The number of hydrogen-bond donors (Lipinski definition) is 2. The molecule has 2 amide bonds. The summed E-state index contributed by atoms with van der Waals surface area (Å²) >= 11 is 0. The molecule has 0 radical (unpaired) electrons. The van der Waals surface area contributed by atoms with E-state index in [2.05, 4.69) is 10.0 Å². The summed E-state index contributed by atoms with van der Waals surface area (Å²) in [5.41, 5.74) is 9.72. The Morgan fingerprint density at radius 2 is 2.00 bits per heavy atom. The number of imide groups is 1. The summed E-state index contributed by atoms with van der Waals surface area (Å²) in [6.45, 7) is 1.40. The number of hydrogen-bond acceptors (Lipinski definition) is 4. The van der Waals surface area contributed by atoms with Crippen LogP contribution in [0.15, 0.2) is 35.4 Å². The van der Waals surface area contributed by atoms with Gasteiger partial charge < -0.3 is 10.00 Å². The molecule has 3 unspecified atom stereocenters. The van der Waals surface area contributed by atoms with Gasteiger partial charge in [0.25, 0.3) is 0 Å². The van der Waals surface area contributed by atoms with Crippen LogP contribution in [0, 0.1) is 0 Å². The number of carbonyl (C=O) groups is 2. The summed E-state index contributed by atoms with van der Waals surface area (Å²) in [6, 6.07) is 8.50. The lowest BCUT2D eigenvalue weighted by molar-refractivity contribution is -0.791. The number of nitrogens with zero attached hydrogens (tertiary/aromatic N) is 4. The molecule has 0 bridgehead atoms. The van der Waals surface area contributed by atoms with E-state index in [4.69, 9.17) is 5.53 Å². The number of carbonyl (C=O) groups excluding carboxylic acids is 1. The quantitative estimate of drug-likeness (QED) is 0.168. The van der Waals surface area contributed by atoms with Gasteiger partial charge in [0, 0.05) is 17.5 Å². The fraction of sp³-hybridized carbons (Fsp3) is 0.556. The lowest BCUT2D eigenvalue weighted by Crippen LogP contribution is -2.60. The van der Waals surface area contributed by atoms with Gasteiger partial charge in [-0.05, 0) is 37.3 Å². The highest BCUT2D eigenvalue weighted by Gasteiger charge is 2.57. The van der Waals surface area contributed by atoms with Crippen LogP contribution >= 0.6 is 7.37 Å². The summed E-state index contributed by atoms with van der Waals surface area (Å²) in [7, 11) is -3.80. The van der Waals surface area contributed by atoms with Crippen molar-refractivity contribution in [3.05, 3.63) is 46.3 Å². The molecule has 1 heterocycles. The second-order valence-electron chi connectivity index (χ2n) is 7.34. The van der Waals surface area contributed by atoms with E-state index >= 15 is 0 Å². The maximum atomic E-state index is 12.8. The van der Waals surface area contributed by atoms with Gasteiger partial charge in [-0.3, -0.25) is 4.57 Å². The molecule has 10 heteroatoms. The number of rotatable bonds is 8. The van der Waals surface area contributed by atoms with Gasteiger partial charge in [0.05, 0.1) is 6.04 Å². The van der Waals surface area contributed by atoms with Crippen LogP contribution in [0.4, 0.5) is 4.79 Å². The van der Waals surface area contributed by atoms with Gasteiger partial charge in [0.15, 0.2) is 0 Å². The van der Waals surface area contributed by atoms with E-state index in [1.165, 1.54) is 0 Å². The highest BCUT2D eigenvalue weighted by Crippen LogP contribution is 2.43. The summed E-state index contributed by atoms with van der Waals surface area (Å²) in [5, 5.41) is 13.2. The third-order valence-corrected chi connectivity index (χ3v) is 7.09. The fourth-order valence-electron chi connectivity index (χ4n) is 3.79.